The van der Waals surface area contributed by atoms with Crippen molar-refractivity contribution >= 4 is 5.97 Å². The molecule has 83 heavy (non-hydrogen) atoms. The maximum absolute atomic E-state index is 13.1. The van der Waals surface area contributed by atoms with Crippen LogP contribution in [0.25, 0.3) is 0 Å². The van der Waals surface area contributed by atoms with Gasteiger partial charge in [-0.2, -0.15) is 0 Å². The zero-order valence-electron chi connectivity index (χ0n) is 51.4. The molecule has 0 aliphatic carbocycles. The van der Waals surface area contributed by atoms with Crippen molar-refractivity contribution in [2.24, 2.45) is 0 Å². The third kappa shape index (κ3) is 39.9. The van der Waals surface area contributed by atoms with Crippen molar-refractivity contribution in [1.29, 1.82) is 0 Å². The molecule has 2 fully saturated rings. The number of aliphatic hydroxyl groups excluding tert-OH is 7. The van der Waals surface area contributed by atoms with Crippen LogP contribution in [0.15, 0.2) is 109 Å². The van der Waals surface area contributed by atoms with Gasteiger partial charge in [0.05, 0.1) is 26.4 Å². The summed E-state index contributed by atoms with van der Waals surface area (Å²) in [7, 11) is 0. The van der Waals surface area contributed by atoms with Crippen LogP contribution in [0.3, 0.4) is 0 Å². The van der Waals surface area contributed by atoms with Gasteiger partial charge in [-0.1, -0.05) is 226 Å². The number of hydrogen-bond donors (Lipinski definition) is 7. The minimum absolute atomic E-state index is 0.0499. The van der Waals surface area contributed by atoms with Gasteiger partial charge in [-0.25, -0.2) is 0 Å². The van der Waals surface area contributed by atoms with E-state index in [1.165, 1.54) is 77.0 Å². The van der Waals surface area contributed by atoms with Crippen LogP contribution in [0, 0.1) is 0 Å². The lowest BCUT2D eigenvalue weighted by Crippen LogP contribution is -2.61. The molecule has 7 N–H and O–H groups in total. The number of hydrogen-bond acceptors (Lipinski definition) is 14. The van der Waals surface area contributed by atoms with Crippen LogP contribution in [0.2, 0.25) is 0 Å². The third-order valence-corrected chi connectivity index (χ3v) is 14.8. The van der Waals surface area contributed by atoms with Gasteiger partial charge < -0.3 is 64.2 Å². The molecule has 0 bridgehead atoms. The number of carbonyl (C=O) groups excluding carboxylic acids is 1. The van der Waals surface area contributed by atoms with E-state index in [4.69, 9.17) is 28.4 Å². The average molecular weight is 1170 g/mol. The van der Waals surface area contributed by atoms with Gasteiger partial charge in [0.15, 0.2) is 12.6 Å². The van der Waals surface area contributed by atoms with Crippen LogP contribution in [-0.4, -0.2) is 142 Å². The zero-order chi connectivity index (χ0) is 60.1. The van der Waals surface area contributed by atoms with Crippen LogP contribution in [0.4, 0.5) is 0 Å². The van der Waals surface area contributed by atoms with Crippen LogP contribution >= 0.6 is 0 Å². The fourth-order valence-corrected chi connectivity index (χ4v) is 9.66. The highest BCUT2D eigenvalue weighted by Crippen LogP contribution is 2.27. The van der Waals surface area contributed by atoms with E-state index in [0.717, 1.165) is 116 Å². The number of aliphatic hydroxyl groups is 7. The molecule has 0 aromatic carbocycles. The molecule has 14 nitrogen and oxygen atoms in total. The number of rotatable bonds is 52. The van der Waals surface area contributed by atoms with Crippen molar-refractivity contribution in [3.05, 3.63) is 109 Å². The van der Waals surface area contributed by atoms with E-state index in [9.17, 15) is 40.5 Å². The predicted molar refractivity (Wildman–Crippen MR) is 334 cm³/mol. The van der Waals surface area contributed by atoms with E-state index in [1.54, 1.807) is 0 Å². The predicted octanol–water partition coefficient (Wildman–Crippen LogP) is 13.1. The van der Waals surface area contributed by atoms with E-state index < -0.39 is 80.7 Å². The van der Waals surface area contributed by atoms with Gasteiger partial charge in [0, 0.05) is 13.0 Å². The van der Waals surface area contributed by atoms with Crippen LogP contribution < -0.4 is 0 Å². The Hall–Kier alpha value is -3.35. The Morgan fingerprint density at radius 2 is 0.747 bits per heavy atom. The molecule has 0 amide bonds. The Morgan fingerprint density at radius 1 is 0.398 bits per heavy atom. The summed E-state index contributed by atoms with van der Waals surface area (Å²) in [6.45, 7) is 3.45. The lowest BCUT2D eigenvalue weighted by molar-refractivity contribution is -0.332. The first-order chi connectivity index (χ1) is 40.6. The quantitative estimate of drug-likeness (QED) is 0.0172. The number of ether oxygens (including phenoxy) is 6. The molecule has 11 unspecified atom stereocenters. The van der Waals surface area contributed by atoms with E-state index in [-0.39, 0.29) is 25.6 Å². The zero-order valence-corrected chi connectivity index (χ0v) is 51.4. The fourth-order valence-electron chi connectivity index (χ4n) is 9.66. The maximum atomic E-state index is 13.1. The molecule has 2 saturated heterocycles. The van der Waals surface area contributed by atoms with Crippen molar-refractivity contribution in [2.75, 3.05) is 33.0 Å². The van der Waals surface area contributed by atoms with Gasteiger partial charge >= 0.3 is 5.97 Å². The lowest BCUT2D eigenvalue weighted by Gasteiger charge is -2.42. The smallest absolute Gasteiger partial charge is 0.306 e. The molecular formula is C69H116O14. The van der Waals surface area contributed by atoms with Crippen molar-refractivity contribution in [2.45, 2.75) is 287 Å². The molecule has 0 aromatic heterocycles. The molecule has 476 valence electrons. The summed E-state index contributed by atoms with van der Waals surface area (Å²) in [6.07, 6.45) is 58.6. The summed E-state index contributed by atoms with van der Waals surface area (Å²) in [5, 5.41) is 72.6. The molecule has 2 aliphatic rings. The highest BCUT2D eigenvalue weighted by molar-refractivity contribution is 5.69. The van der Waals surface area contributed by atoms with Crippen molar-refractivity contribution < 1.29 is 69.0 Å². The Morgan fingerprint density at radius 3 is 1.17 bits per heavy atom. The summed E-state index contributed by atoms with van der Waals surface area (Å²) < 4.78 is 34.5. The minimum Gasteiger partial charge on any atom is -0.457 e. The highest BCUT2D eigenvalue weighted by Gasteiger charge is 2.47. The molecule has 0 spiro atoms. The van der Waals surface area contributed by atoms with E-state index in [0.29, 0.717) is 13.0 Å². The van der Waals surface area contributed by atoms with Crippen LogP contribution in [0.1, 0.15) is 219 Å². The first-order valence-electron chi connectivity index (χ1n) is 32.5. The van der Waals surface area contributed by atoms with Gasteiger partial charge in [0.25, 0.3) is 0 Å². The molecule has 2 rings (SSSR count). The van der Waals surface area contributed by atoms with Crippen LogP contribution in [0.5, 0.6) is 0 Å². The number of unbranched alkanes of at least 4 members (excludes halogenated alkanes) is 20. The van der Waals surface area contributed by atoms with Gasteiger partial charge in [0.2, 0.25) is 0 Å². The van der Waals surface area contributed by atoms with Gasteiger partial charge in [-0.3, -0.25) is 4.79 Å². The summed E-state index contributed by atoms with van der Waals surface area (Å²) >= 11 is 0. The number of carbonyl (C=O) groups is 1. The third-order valence-electron chi connectivity index (χ3n) is 14.8. The summed E-state index contributed by atoms with van der Waals surface area (Å²) in [5.74, 6) is -0.390. The first-order valence-corrected chi connectivity index (χ1v) is 32.5. The van der Waals surface area contributed by atoms with E-state index in [1.807, 2.05) is 0 Å². The average Bonchev–Trinajstić information content (AvgIpc) is 3.49. The second-order valence-corrected chi connectivity index (χ2v) is 22.2. The largest absolute Gasteiger partial charge is 0.457 e. The van der Waals surface area contributed by atoms with E-state index in [2.05, 4.69) is 123 Å². The molecule has 11 atom stereocenters. The Bertz CT molecular complexity index is 1790. The van der Waals surface area contributed by atoms with Crippen molar-refractivity contribution in [3.63, 3.8) is 0 Å². The second kappa shape index (κ2) is 54.1. The molecule has 0 radical (unpaired) electrons. The van der Waals surface area contributed by atoms with Crippen LogP contribution in [-0.2, 0) is 33.2 Å². The Labute approximate surface area is 502 Å². The van der Waals surface area contributed by atoms with Gasteiger partial charge in [-0.15, -0.1) is 0 Å². The Balaban J connectivity index is 1.68. The molecule has 2 heterocycles. The number of allylic oxidation sites excluding steroid dienone is 18. The Kier molecular flexibility index (Phi) is 49.3. The highest BCUT2D eigenvalue weighted by atomic mass is 16.7. The SMILES string of the molecule is CC/C=C\C/C=C\C/C=C\C/C=C\C/C=C\CCCCCCCCCC(=O)OC(COCCCCCCCCCCCCCCC/C=C\C/C=C\C/C=C\C/C=C\CC)COC1OC(COC2OC(CO)C(O)C(O)C2O)C(O)C(O)C1O. The molecule has 14 heteroatoms. The maximum Gasteiger partial charge on any atom is 0.306 e. The monoisotopic (exact) mass is 1170 g/mol. The first kappa shape index (κ1) is 75.7. The standard InChI is InChI=1S/C69H116O14/c1-3-5-7-9-11-13-15-17-19-21-23-25-27-28-29-31-33-35-37-39-41-43-45-47-49-51-53-78-55-58(56-79-68-67(77)65(75)63(73)60(83-68)57-80-69-66(76)64(74)62(72)59(54-70)82-69)81-61(71)52-50-48-46-44-42-40-38-36-34-32-30-26-24-22-20-18-16-14-12-10-8-6-4-2/h5-8,11-14,17-20,23-26,32,34,58-60,62-70,72-77H,3-4,9-10,15-16,21-22,27-31,33,35-57H2,1-2H3/b7-5-,8-6-,13-11-,14-12-,19-17-,20-18-,25-23-,26-24-,34-32-. The lowest BCUT2D eigenvalue weighted by atomic mass is 9.98. The summed E-state index contributed by atoms with van der Waals surface area (Å²) in [5.41, 5.74) is 0. The fraction of sp³-hybridized carbons (Fsp3) is 0.725. The minimum atomic E-state index is -1.72. The molecule has 0 saturated carbocycles. The normalized spacial score (nSPS) is 24.2. The molecule has 2 aliphatic heterocycles. The topological polar surface area (TPSA) is 214 Å². The van der Waals surface area contributed by atoms with Crippen molar-refractivity contribution in [3.8, 4) is 0 Å². The summed E-state index contributed by atoms with van der Waals surface area (Å²) in [6, 6.07) is 0. The van der Waals surface area contributed by atoms with Crippen molar-refractivity contribution in [1.82, 2.24) is 0 Å². The second-order valence-electron chi connectivity index (χ2n) is 22.2. The molecular weight excluding hydrogens is 1050 g/mol. The molecule has 0 aromatic rings. The van der Waals surface area contributed by atoms with Gasteiger partial charge in [0.1, 0.15) is 54.9 Å². The summed E-state index contributed by atoms with van der Waals surface area (Å²) in [4.78, 5) is 13.1. The number of esters is 1. The van der Waals surface area contributed by atoms with E-state index >= 15 is 0 Å². The van der Waals surface area contributed by atoms with Gasteiger partial charge in [-0.05, 0) is 96.3 Å².